The molecule has 0 radical (unpaired) electrons. The molecule has 0 aromatic carbocycles. The summed E-state index contributed by atoms with van der Waals surface area (Å²) in [5.41, 5.74) is 4.95. The Morgan fingerprint density at radius 1 is 1.28 bits per heavy atom. The van der Waals surface area contributed by atoms with Crippen molar-refractivity contribution >= 4 is 17.9 Å². The highest BCUT2D eigenvalue weighted by Crippen LogP contribution is 2.02. The van der Waals surface area contributed by atoms with Gasteiger partial charge in [0.05, 0.1) is 6.61 Å². The number of carbonyl (C=O) groups excluding carboxylic acids is 2. The van der Waals surface area contributed by atoms with Gasteiger partial charge in [0.15, 0.2) is 6.04 Å². The predicted molar refractivity (Wildman–Crippen MR) is 62.8 cm³/mol. The number of carboxylic acid groups (broad SMARTS) is 1. The van der Waals surface area contributed by atoms with Gasteiger partial charge in [0.1, 0.15) is 6.04 Å². The summed E-state index contributed by atoms with van der Waals surface area (Å²) in [4.78, 5) is 33.4. The Labute approximate surface area is 105 Å². The minimum atomic E-state index is -1.22. The van der Waals surface area contributed by atoms with Crippen LogP contribution in [0.5, 0.6) is 0 Å². The standard InChI is InChI=1S/C10H19N3O5/c1-5(2)7(13-10(11)17)8(14)12-6(4-18-3)9(15)16/h5-7H,4H2,1-3H3,(H,12,14)(H,15,16)(H3,11,13,17). The van der Waals surface area contributed by atoms with Crippen LogP contribution in [0.1, 0.15) is 13.8 Å². The number of ether oxygens (including phenoxy) is 1. The van der Waals surface area contributed by atoms with Crippen LogP contribution >= 0.6 is 0 Å². The lowest BCUT2D eigenvalue weighted by molar-refractivity contribution is -0.143. The Morgan fingerprint density at radius 3 is 2.17 bits per heavy atom. The van der Waals surface area contributed by atoms with Crippen molar-refractivity contribution in [2.45, 2.75) is 25.9 Å². The molecule has 2 atom stereocenters. The summed E-state index contributed by atoms with van der Waals surface area (Å²) in [5, 5.41) is 13.4. The van der Waals surface area contributed by atoms with Crippen molar-refractivity contribution in [1.82, 2.24) is 10.6 Å². The van der Waals surface area contributed by atoms with Crippen LogP contribution in [0.3, 0.4) is 0 Å². The maximum absolute atomic E-state index is 11.8. The van der Waals surface area contributed by atoms with E-state index in [2.05, 4.69) is 15.4 Å². The first-order chi connectivity index (χ1) is 8.29. The molecule has 0 aliphatic carbocycles. The van der Waals surface area contributed by atoms with E-state index in [4.69, 9.17) is 10.8 Å². The molecule has 0 heterocycles. The quantitative estimate of drug-likeness (QED) is 0.462. The van der Waals surface area contributed by atoms with Gasteiger partial charge < -0.3 is 26.2 Å². The number of rotatable bonds is 7. The van der Waals surface area contributed by atoms with Gasteiger partial charge in [0.2, 0.25) is 5.91 Å². The maximum Gasteiger partial charge on any atom is 0.328 e. The maximum atomic E-state index is 11.8. The number of amides is 3. The summed E-state index contributed by atoms with van der Waals surface area (Å²) >= 11 is 0. The van der Waals surface area contributed by atoms with Gasteiger partial charge in [-0.05, 0) is 5.92 Å². The fourth-order valence-electron chi connectivity index (χ4n) is 1.29. The fraction of sp³-hybridized carbons (Fsp3) is 0.700. The number of hydrogen-bond acceptors (Lipinski definition) is 4. The SMILES string of the molecule is COCC(NC(=O)C(NC(N)=O)C(C)C)C(=O)O. The van der Waals surface area contributed by atoms with Gasteiger partial charge in [-0.15, -0.1) is 0 Å². The van der Waals surface area contributed by atoms with Crippen molar-refractivity contribution < 1.29 is 24.2 Å². The molecule has 0 spiro atoms. The molecule has 0 fully saturated rings. The first-order valence-electron chi connectivity index (χ1n) is 5.37. The van der Waals surface area contributed by atoms with E-state index in [0.29, 0.717) is 0 Å². The van der Waals surface area contributed by atoms with Gasteiger partial charge >= 0.3 is 12.0 Å². The molecule has 0 saturated heterocycles. The summed E-state index contributed by atoms with van der Waals surface area (Å²) in [6.45, 7) is 3.24. The van der Waals surface area contributed by atoms with E-state index in [0.717, 1.165) is 0 Å². The van der Waals surface area contributed by atoms with Crippen LogP contribution in [0, 0.1) is 5.92 Å². The second-order valence-electron chi connectivity index (χ2n) is 4.09. The zero-order valence-electron chi connectivity index (χ0n) is 10.6. The van der Waals surface area contributed by atoms with Gasteiger partial charge in [0, 0.05) is 7.11 Å². The molecule has 2 unspecified atom stereocenters. The number of carboxylic acids is 1. The third-order valence-electron chi connectivity index (χ3n) is 2.19. The molecule has 104 valence electrons. The van der Waals surface area contributed by atoms with Crippen molar-refractivity contribution in [3.63, 3.8) is 0 Å². The summed E-state index contributed by atoms with van der Waals surface area (Å²) in [6.07, 6.45) is 0. The molecule has 0 rings (SSSR count). The monoisotopic (exact) mass is 261 g/mol. The normalized spacial score (nSPS) is 13.8. The molecule has 8 heteroatoms. The molecular weight excluding hydrogens is 242 g/mol. The molecule has 0 aliphatic rings. The second-order valence-corrected chi connectivity index (χ2v) is 4.09. The van der Waals surface area contributed by atoms with Gasteiger partial charge in [-0.1, -0.05) is 13.8 Å². The summed E-state index contributed by atoms with van der Waals surface area (Å²) in [7, 11) is 1.32. The molecule has 0 aromatic heterocycles. The van der Waals surface area contributed by atoms with Crippen LogP contribution in [0.2, 0.25) is 0 Å². The average Bonchev–Trinajstić information content (AvgIpc) is 2.24. The third-order valence-corrected chi connectivity index (χ3v) is 2.19. The van der Waals surface area contributed by atoms with E-state index in [9.17, 15) is 14.4 Å². The molecule has 3 amide bonds. The van der Waals surface area contributed by atoms with Crippen LogP contribution in [0.4, 0.5) is 4.79 Å². The van der Waals surface area contributed by atoms with Crippen molar-refractivity contribution in [1.29, 1.82) is 0 Å². The number of hydrogen-bond donors (Lipinski definition) is 4. The second kappa shape index (κ2) is 7.49. The lowest BCUT2D eigenvalue weighted by Gasteiger charge is -2.22. The molecule has 0 aliphatic heterocycles. The lowest BCUT2D eigenvalue weighted by atomic mass is 10.0. The highest BCUT2D eigenvalue weighted by molar-refractivity contribution is 5.89. The number of nitrogens with one attached hydrogen (secondary N) is 2. The molecule has 0 bridgehead atoms. The Bertz CT molecular complexity index is 319. The summed E-state index contributed by atoms with van der Waals surface area (Å²) in [6, 6.07) is -2.90. The van der Waals surface area contributed by atoms with Gasteiger partial charge in [0.25, 0.3) is 0 Å². The van der Waals surface area contributed by atoms with Crippen molar-refractivity contribution in [2.75, 3.05) is 13.7 Å². The van der Waals surface area contributed by atoms with Crippen molar-refractivity contribution in [3.05, 3.63) is 0 Å². The van der Waals surface area contributed by atoms with Crippen LogP contribution in [0.15, 0.2) is 0 Å². The van der Waals surface area contributed by atoms with Gasteiger partial charge in [-0.25, -0.2) is 9.59 Å². The van der Waals surface area contributed by atoms with E-state index < -0.39 is 30.0 Å². The molecule has 0 aromatic rings. The van der Waals surface area contributed by atoms with Gasteiger partial charge in [-0.2, -0.15) is 0 Å². The van der Waals surface area contributed by atoms with E-state index in [1.807, 2.05) is 0 Å². The summed E-state index contributed by atoms with van der Waals surface area (Å²) < 4.78 is 4.68. The lowest BCUT2D eigenvalue weighted by Crippen LogP contribution is -2.55. The average molecular weight is 261 g/mol. The minimum Gasteiger partial charge on any atom is -0.480 e. The van der Waals surface area contributed by atoms with Crippen LogP contribution in [-0.2, 0) is 14.3 Å². The molecular formula is C10H19N3O5. The Morgan fingerprint density at radius 2 is 1.83 bits per heavy atom. The zero-order valence-corrected chi connectivity index (χ0v) is 10.6. The van der Waals surface area contributed by atoms with Crippen LogP contribution in [-0.4, -0.2) is 48.8 Å². The molecule has 5 N–H and O–H groups in total. The predicted octanol–water partition coefficient (Wildman–Crippen LogP) is -1.10. The first kappa shape index (κ1) is 16.2. The number of urea groups is 1. The van der Waals surface area contributed by atoms with Crippen LogP contribution < -0.4 is 16.4 Å². The van der Waals surface area contributed by atoms with Crippen molar-refractivity contribution in [3.8, 4) is 0 Å². The largest absolute Gasteiger partial charge is 0.480 e. The third kappa shape index (κ3) is 5.48. The number of nitrogens with two attached hydrogens (primary N) is 1. The smallest absolute Gasteiger partial charge is 0.328 e. The number of carbonyl (C=O) groups is 3. The topological polar surface area (TPSA) is 131 Å². The molecule has 0 saturated carbocycles. The van der Waals surface area contributed by atoms with E-state index in [1.54, 1.807) is 13.8 Å². The number of primary amides is 1. The fourth-order valence-corrected chi connectivity index (χ4v) is 1.29. The highest BCUT2D eigenvalue weighted by atomic mass is 16.5. The first-order valence-corrected chi connectivity index (χ1v) is 5.37. The highest BCUT2D eigenvalue weighted by Gasteiger charge is 2.27. The summed E-state index contributed by atoms with van der Waals surface area (Å²) in [5.74, 6) is -2.06. The van der Waals surface area contributed by atoms with E-state index in [1.165, 1.54) is 7.11 Å². The van der Waals surface area contributed by atoms with E-state index in [-0.39, 0.29) is 12.5 Å². The Kier molecular flexibility index (Phi) is 6.73. The Hall–Kier alpha value is -1.83. The zero-order chi connectivity index (χ0) is 14.3. The van der Waals surface area contributed by atoms with Gasteiger partial charge in [-0.3, -0.25) is 4.79 Å². The van der Waals surface area contributed by atoms with Crippen molar-refractivity contribution in [2.24, 2.45) is 11.7 Å². The minimum absolute atomic E-state index is 0.164. The van der Waals surface area contributed by atoms with Crippen LogP contribution in [0.25, 0.3) is 0 Å². The molecule has 8 nitrogen and oxygen atoms in total. The number of methoxy groups -OCH3 is 1. The Balaban J connectivity index is 4.66. The van der Waals surface area contributed by atoms with E-state index >= 15 is 0 Å². The number of aliphatic carboxylic acids is 1. The molecule has 18 heavy (non-hydrogen) atoms.